The molecular weight excluding hydrogens is 373 g/mol. The highest BCUT2D eigenvalue weighted by Gasteiger charge is 2.29. The maximum absolute atomic E-state index is 13.9. The highest BCUT2D eigenvalue weighted by molar-refractivity contribution is 5.94. The molecule has 0 aliphatic carbocycles. The number of amides is 1. The standard InChI is InChI=1S/C21H18FN5O2/c22-17-9-8-15(19-16(17)12-23-25-19)20-24-21(29-26-20)13-5-4-10-27(18(28)11-13)14-6-2-1-3-7-14/h1-3,6-9,12-13H,4-5,10-11H2,(H,23,25). The SMILES string of the molecule is O=C1CC(c2nc(-c3ccc(F)c4cn[nH]c34)no2)CCCN1c1ccccc1. The number of anilines is 1. The third-order valence-corrected chi connectivity index (χ3v) is 5.32. The number of hydrogen-bond donors (Lipinski definition) is 1. The minimum absolute atomic E-state index is 0.0381. The predicted molar refractivity (Wildman–Crippen MR) is 105 cm³/mol. The fraction of sp³-hybridized carbons (Fsp3) is 0.238. The van der Waals surface area contributed by atoms with Crippen molar-refractivity contribution >= 4 is 22.5 Å². The Morgan fingerprint density at radius 1 is 1.17 bits per heavy atom. The summed E-state index contributed by atoms with van der Waals surface area (Å²) in [4.78, 5) is 19.2. The van der Waals surface area contributed by atoms with Crippen LogP contribution in [-0.2, 0) is 4.79 Å². The normalized spacial score (nSPS) is 17.6. The van der Waals surface area contributed by atoms with Gasteiger partial charge in [-0.2, -0.15) is 10.1 Å². The van der Waals surface area contributed by atoms with Crippen molar-refractivity contribution in [2.75, 3.05) is 11.4 Å². The van der Waals surface area contributed by atoms with E-state index in [0.717, 1.165) is 18.5 Å². The van der Waals surface area contributed by atoms with Crippen LogP contribution in [0.2, 0.25) is 0 Å². The number of carbonyl (C=O) groups is 1. The molecule has 0 bridgehead atoms. The zero-order valence-electron chi connectivity index (χ0n) is 15.5. The van der Waals surface area contributed by atoms with Crippen molar-refractivity contribution in [2.45, 2.75) is 25.2 Å². The van der Waals surface area contributed by atoms with Gasteiger partial charge in [-0.15, -0.1) is 0 Å². The summed E-state index contributed by atoms with van der Waals surface area (Å²) in [5.41, 5.74) is 2.03. The lowest BCUT2D eigenvalue weighted by molar-refractivity contribution is -0.118. The topological polar surface area (TPSA) is 87.9 Å². The molecule has 0 radical (unpaired) electrons. The highest BCUT2D eigenvalue weighted by Crippen LogP contribution is 2.32. The fourth-order valence-corrected chi connectivity index (χ4v) is 3.83. The second-order valence-electron chi connectivity index (χ2n) is 7.13. The number of H-pyrrole nitrogens is 1. The average Bonchev–Trinajstić information content (AvgIpc) is 3.38. The summed E-state index contributed by atoms with van der Waals surface area (Å²) >= 11 is 0. The Balaban J connectivity index is 1.41. The van der Waals surface area contributed by atoms with Gasteiger partial charge in [0.05, 0.1) is 17.1 Å². The van der Waals surface area contributed by atoms with Crippen LogP contribution in [0.3, 0.4) is 0 Å². The predicted octanol–water partition coefficient (Wildman–Crippen LogP) is 4.05. The van der Waals surface area contributed by atoms with Crippen molar-refractivity contribution in [1.82, 2.24) is 20.3 Å². The molecule has 1 fully saturated rings. The van der Waals surface area contributed by atoms with E-state index in [9.17, 15) is 9.18 Å². The van der Waals surface area contributed by atoms with Crippen molar-refractivity contribution in [3.05, 3.63) is 60.4 Å². The van der Waals surface area contributed by atoms with E-state index in [2.05, 4.69) is 20.3 Å². The highest BCUT2D eigenvalue weighted by atomic mass is 19.1. The van der Waals surface area contributed by atoms with E-state index in [0.29, 0.717) is 41.1 Å². The Labute approximate surface area is 165 Å². The number of benzene rings is 2. The fourth-order valence-electron chi connectivity index (χ4n) is 3.83. The van der Waals surface area contributed by atoms with E-state index < -0.39 is 0 Å². The minimum atomic E-state index is -0.364. The summed E-state index contributed by atoms with van der Waals surface area (Å²) in [5, 5.41) is 11.1. The van der Waals surface area contributed by atoms with E-state index in [4.69, 9.17) is 4.52 Å². The Morgan fingerprint density at radius 3 is 2.90 bits per heavy atom. The van der Waals surface area contributed by atoms with Gasteiger partial charge in [0, 0.05) is 30.1 Å². The molecule has 7 nitrogen and oxygen atoms in total. The molecule has 3 heterocycles. The zero-order valence-corrected chi connectivity index (χ0v) is 15.5. The molecule has 1 N–H and O–H groups in total. The molecule has 2 aromatic carbocycles. The molecular formula is C21H18FN5O2. The van der Waals surface area contributed by atoms with Crippen LogP contribution in [0.5, 0.6) is 0 Å². The molecule has 5 rings (SSSR count). The summed E-state index contributed by atoms with van der Waals surface area (Å²) in [5.74, 6) is 0.314. The van der Waals surface area contributed by atoms with Gasteiger partial charge in [-0.05, 0) is 37.1 Å². The van der Waals surface area contributed by atoms with Gasteiger partial charge in [-0.1, -0.05) is 23.4 Å². The molecule has 8 heteroatoms. The maximum atomic E-state index is 13.9. The van der Waals surface area contributed by atoms with E-state index in [-0.39, 0.29) is 17.6 Å². The molecule has 1 amide bonds. The van der Waals surface area contributed by atoms with Gasteiger partial charge in [0.2, 0.25) is 17.6 Å². The van der Waals surface area contributed by atoms with Gasteiger partial charge >= 0.3 is 0 Å². The molecule has 2 aromatic heterocycles. The molecule has 0 saturated carbocycles. The third-order valence-electron chi connectivity index (χ3n) is 5.32. The zero-order chi connectivity index (χ0) is 19.8. The van der Waals surface area contributed by atoms with Crippen LogP contribution < -0.4 is 4.90 Å². The number of aromatic nitrogens is 4. The Kier molecular flexibility index (Phi) is 4.31. The van der Waals surface area contributed by atoms with E-state index in [1.165, 1.54) is 12.3 Å². The largest absolute Gasteiger partial charge is 0.339 e. The lowest BCUT2D eigenvalue weighted by atomic mass is 10.0. The first kappa shape index (κ1) is 17.5. The Bertz CT molecular complexity index is 1170. The number of nitrogens with zero attached hydrogens (tertiary/aromatic N) is 4. The van der Waals surface area contributed by atoms with E-state index in [1.54, 1.807) is 6.07 Å². The van der Waals surface area contributed by atoms with Crippen molar-refractivity contribution in [3.63, 3.8) is 0 Å². The number of rotatable bonds is 3. The van der Waals surface area contributed by atoms with Gasteiger partial charge in [0.25, 0.3) is 0 Å². The lowest BCUT2D eigenvalue weighted by Crippen LogP contribution is -2.30. The van der Waals surface area contributed by atoms with Gasteiger partial charge < -0.3 is 9.42 Å². The lowest BCUT2D eigenvalue weighted by Gasteiger charge is -2.20. The molecule has 29 heavy (non-hydrogen) atoms. The van der Waals surface area contributed by atoms with Gasteiger partial charge in [0.15, 0.2) is 0 Å². The number of halogens is 1. The molecule has 1 saturated heterocycles. The van der Waals surface area contributed by atoms with Crippen LogP contribution in [0.4, 0.5) is 10.1 Å². The number of aromatic amines is 1. The number of carbonyl (C=O) groups excluding carboxylic acids is 1. The summed E-state index contributed by atoms with van der Waals surface area (Å²) < 4.78 is 19.4. The van der Waals surface area contributed by atoms with E-state index >= 15 is 0 Å². The van der Waals surface area contributed by atoms with Crippen LogP contribution in [0, 0.1) is 5.82 Å². The van der Waals surface area contributed by atoms with Crippen LogP contribution >= 0.6 is 0 Å². The second-order valence-corrected chi connectivity index (χ2v) is 7.13. The van der Waals surface area contributed by atoms with Crippen molar-refractivity contribution in [1.29, 1.82) is 0 Å². The molecule has 1 aliphatic heterocycles. The molecule has 146 valence electrons. The van der Waals surface area contributed by atoms with Crippen LogP contribution in [-0.4, -0.2) is 32.8 Å². The molecule has 1 aliphatic rings. The van der Waals surface area contributed by atoms with Crippen molar-refractivity contribution in [2.24, 2.45) is 0 Å². The summed E-state index contributed by atoms with van der Waals surface area (Å²) in [6.07, 6.45) is 3.35. The van der Waals surface area contributed by atoms with Crippen molar-refractivity contribution in [3.8, 4) is 11.4 Å². The second kappa shape index (κ2) is 7.12. The van der Waals surface area contributed by atoms with Crippen LogP contribution in [0.25, 0.3) is 22.3 Å². The number of fused-ring (bicyclic) bond motifs is 1. The number of para-hydroxylation sites is 1. The smallest absolute Gasteiger partial charge is 0.230 e. The number of nitrogens with one attached hydrogen (secondary N) is 1. The number of hydrogen-bond acceptors (Lipinski definition) is 5. The Morgan fingerprint density at radius 2 is 2.03 bits per heavy atom. The molecule has 0 spiro atoms. The van der Waals surface area contributed by atoms with E-state index in [1.807, 2.05) is 35.2 Å². The third kappa shape index (κ3) is 3.16. The first-order valence-electron chi connectivity index (χ1n) is 9.51. The maximum Gasteiger partial charge on any atom is 0.230 e. The first-order valence-corrected chi connectivity index (χ1v) is 9.51. The summed E-state index contributed by atoms with van der Waals surface area (Å²) in [6.45, 7) is 0.660. The summed E-state index contributed by atoms with van der Waals surface area (Å²) in [7, 11) is 0. The van der Waals surface area contributed by atoms with Crippen LogP contribution in [0.1, 0.15) is 31.1 Å². The molecule has 1 atom stereocenters. The van der Waals surface area contributed by atoms with Crippen molar-refractivity contribution < 1.29 is 13.7 Å². The summed E-state index contributed by atoms with van der Waals surface area (Å²) in [6, 6.07) is 12.6. The van der Waals surface area contributed by atoms with Gasteiger partial charge in [-0.3, -0.25) is 9.89 Å². The molecule has 1 unspecified atom stereocenters. The molecule has 4 aromatic rings. The monoisotopic (exact) mass is 391 g/mol. The van der Waals surface area contributed by atoms with Gasteiger partial charge in [-0.25, -0.2) is 4.39 Å². The quantitative estimate of drug-likeness (QED) is 0.569. The first-order chi connectivity index (χ1) is 14.2. The minimum Gasteiger partial charge on any atom is -0.339 e. The van der Waals surface area contributed by atoms with Gasteiger partial charge in [0.1, 0.15) is 5.82 Å². The van der Waals surface area contributed by atoms with Crippen LogP contribution in [0.15, 0.2) is 53.2 Å². The average molecular weight is 391 g/mol. The Hall–Kier alpha value is -3.55.